The predicted octanol–water partition coefficient (Wildman–Crippen LogP) is 13.4. The molecule has 0 spiro atoms. The predicted molar refractivity (Wildman–Crippen MR) is 214 cm³/mol. The van der Waals surface area contributed by atoms with Crippen LogP contribution in [-0.2, 0) is 19.1 Å². The Morgan fingerprint density at radius 1 is 0.460 bits per heavy atom. The number of aliphatic hydroxyl groups is 1. The molecule has 0 fully saturated rings. The molecular formula is C45H80O5. The fourth-order valence-corrected chi connectivity index (χ4v) is 5.85. The third-order valence-electron chi connectivity index (χ3n) is 9.10. The minimum Gasteiger partial charge on any atom is -0.462 e. The van der Waals surface area contributed by atoms with Gasteiger partial charge in [0.05, 0.1) is 6.61 Å². The van der Waals surface area contributed by atoms with Crippen molar-refractivity contribution in [2.75, 3.05) is 13.2 Å². The summed E-state index contributed by atoms with van der Waals surface area (Å²) < 4.78 is 10.6. The van der Waals surface area contributed by atoms with Gasteiger partial charge in [-0.1, -0.05) is 165 Å². The first-order chi connectivity index (χ1) is 24.6. The van der Waals surface area contributed by atoms with E-state index in [2.05, 4.69) is 62.5 Å². The topological polar surface area (TPSA) is 72.8 Å². The van der Waals surface area contributed by atoms with Crippen molar-refractivity contribution >= 4 is 11.9 Å². The molecule has 0 aromatic heterocycles. The summed E-state index contributed by atoms with van der Waals surface area (Å²) in [6.07, 6.45) is 51.7. The minimum absolute atomic E-state index is 0.0751. The molecule has 50 heavy (non-hydrogen) atoms. The first-order valence-corrected chi connectivity index (χ1v) is 21.2. The Morgan fingerprint density at radius 2 is 0.800 bits per heavy atom. The molecule has 0 aliphatic heterocycles. The summed E-state index contributed by atoms with van der Waals surface area (Å²) in [6, 6.07) is 0. The zero-order valence-corrected chi connectivity index (χ0v) is 32.9. The van der Waals surface area contributed by atoms with Crippen LogP contribution in [0.25, 0.3) is 0 Å². The van der Waals surface area contributed by atoms with Crippen molar-refractivity contribution in [3.05, 3.63) is 48.6 Å². The zero-order chi connectivity index (χ0) is 36.4. The Labute approximate surface area is 309 Å². The summed E-state index contributed by atoms with van der Waals surface area (Å²) in [7, 11) is 0. The molecule has 0 aliphatic rings. The Hall–Kier alpha value is -2.14. The van der Waals surface area contributed by atoms with Crippen LogP contribution in [0.3, 0.4) is 0 Å². The lowest BCUT2D eigenvalue weighted by molar-refractivity contribution is -0.161. The average Bonchev–Trinajstić information content (AvgIpc) is 3.12. The molecule has 1 N–H and O–H groups in total. The molecule has 0 aliphatic carbocycles. The van der Waals surface area contributed by atoms with Crippen LogP contribution < -0.4 is 0 Å². The third-order valence-corrected chi connectivity index (χ3v) is 9.10. The van der Waals surface area contributed by atoms with Gasteiger partial charge in [0.15, 0.2) is 6.10 Å². The van der Waals surface area contributed by atoms with Crippen molar-refractivity contribution in [1.82, 2.24) is 0 Å². The summed E-state index contributed by atoms with van der Waals surface area (Å²) >= 11 is 0. The van der Waals surface area contributed by atoms with Crippen LogP contribution in [0.5, 0.6) is 0 Å². The molecule has 1 unspecified atom stereocenters. The second-order valence-corrected chi connectivity index (χ2v) is 14.1. The van der Waals surface area contributed by atoms with E-state index in [9.17, 15) is 14.7 Å². The first kappa shape index (κ1) is 47.9. The summed E-state index contributed by atoms with van der Waals surface area (Å²) in [4.78, 5) is 24.3. The van der Waals surface area contributed by atoms with Gasteiger partial charge in [-0.15, -0.1) is 0 Å². The van der Waals surface area contributed by atoms with Crippen LogP contribution in [0.15, 0.2) is 48.6 Å². The molecule has 0 amide bonds. The highest BCUT2D eigenvalue weighted by atomic mass is 16.6. The molecule has 0 saturated carbocycles. The van der Waals surface area contributed by atoms with Gasteiger partial charge in [0.2, 0.25) is 0 Å². The summed E-state index contributed by atoms with van der Waals surface area (Å²) in [5, 5.41) is 9.57. The van der Waals surface area contributed by atoms with Gasteiger partial charge < -0.3 is 14.6 Å². The Bertz CT molecular complexity index is 842. The van der Waals surface area contributed by atoms with E-state index in [0.717, 1.165) is 57.8 Å². The van der Waals surface area contributed by atoms with Gasteiger partial charge in [-0.05, 0) is 77.0 Å². The molecule has 0 aromatic carbocycles. The van der Waals surface area contributed by atoms with Gasteiger partial charge in [-0.2, -0.15) is 0 Å². The van der Waals surface area contributed by atoms with E-state index in [4.69, 9.17) is 9.47 Å². The number of hydrogen-bond acceptors (Lipinski definition) is 5. The molecule has 290 valence electrons. The lowest BCUT2D eigenvalue weighted by atomic mass is 10.1. The second kappa shape index (κ2) is 41.3. The molecule has 1 atom stereocenters. The van der Waals surface area contributed by atoms with Crippen LogP contribution in [0.4, 0.5) is 0 Å². The van der Waals surface area contributed by atoms with E-state index in [1.165, 1.54) is 122 Å². The van der Waals surface area contributed by atoms with Gasteiger partial charge in [0.1, 0.15) is 6.61 Å². The van der Waals surface area contributed by atoms with Gasteiger partial charge in [0.25, 0.3) is 0 Å². The second-order valence-electron chi connectivity index (χ2n) is 14.1. The monoisotopic (exact) mass is 701 g/mol. The number of unbranched alkanes of at least 4 members (excludes halogenated alkanes) is 22. The standard InChI is InChI=1S/C45H80O5/c1-3-5-7-9-11-13-15-17-19-20-21-22-23-24-26-28-30-32-34-36-38-40-45(48)50-43(41-46)42-49-44(47)39-37-35-33-31-29-27-25-18-16-14-12-10-8-6-4-2/h12,14-15,17-18,20-21,25,43,46H,3-11,13,16,19,22-24,26-42H2,1-2H3/b14-12-,17-15-,21-20-,25-18-. The highest BCUT2D eigenvalue weighted by Crippen LogP contribution is 2.13. The van der Waals surface area contributed by atoms with E-state index < -0.39 is 6.10 Å². The molecule has 0 heterocycles. The number of aliphatic hydroxyl groups excluding tert-OH is 1. The summed E-state index contributed by atoms with van der Waals surface area (Å²) in [6.45, 7) is 4.09. The Kier molecular flexibility index (Phi) is 39.5. The number of rotatable bonds is 38. The van der Waals surface area contributed by atoms with E-state index >= 15 is 0 Å². The van der Waals surface area contributed by atoms with Crippen LogP contribution in [-0.4, -0.2) is 36.4 Å². The average molecular weight is 701 g/mol. The molecule has 0 aromatic rings. The molecule has 0 rings (SSSR count). The van der Waals surface area contributed by atoms with Gasteiger partial charge in [-0.25, -0.2) is 0 Å². The van der Waals surface area contributed by atoms with Crippen molar-refractivity contribution in [3.8, 4) is 0 Å². The number of esters is 2. The Morgan fingerprint density at radius 3 is 1.22 bits per heavy atom. The number of carbonyl (C=O) groups is 2. The molecule has 5 nitrogen and oxygen atoms in total. The van der Waals surface area contributed by atoms with Crippen LogP contribution in [0, 0.1) is 0 Å². The maximum atomic E-state index is 12.2. The van der Waals surface area contributed by atoms with Crippen LogP contribution in [0.1, 0.15) is 206 Å². The molecule has 5 heteroatoms. The minimum atomic E-state index is -0.779. The lowest BCUT2D eigenvalue weighted by Crippen LogP contribution is -2.28. The van der Waals surface area contributed by atoms with E-state index in [0.29, 0.717) is 12.8 Å². The molecule has 0 bridgehead atoms. The quantitative estimate of drug-likeness (QED) is 0.0394. The van der Waals surface area contributed by atoms with Gasteiger partial charge in [0, 0.05) is 12.8 Å². The highest BCUT2D eigenvalue weighted by Gasteiger charge is 2.16. The maximum Gasteiger partial charge on any atom is 0.306 e. The zero-order valence-electron chi connectivity index (χ0n) is 32.9. The van der Waals surface area contributed by atoms with Crippen LogP contribution >= 0.6 is 0 Å². The number of ether oxygens (including phenoxy) is 2. The number of carbonyl (C=O) groups excluding carboxylic acids is 2. The third kappa shape index (κ3) is 38.7. The molecule has 0 radical (unpaired) electrons. The molecular weight excluding hydrogens is 620 g/mol. The molecule has 0 saturated heterocycles. The Balaban J connectivity index is 3.57. The van der Waals surface area contributed by atoms with Crippen molar-refractivity contribution in [2.45, 2.75) is 213 Å². The van der Waals surface area contributed by atoms with Crippen LogP contribution in [0.2, 0.25) is 0 Å². The first-order valence-electron chi connectivity index (χ1n) is 21.2. The largest absolute Gasteiger partial charge is 0.462 e. The summed E-state index contributed by atoms with van der Waals surface area (Å²) in [5.41, 5.74) is 0. The summed E-state index contributed by atoms with van der Waals surface area (Å²) in [5.74, 6) is -0.610. The fraction of sp³-hybridized carbons (Fsp3) is 0.778. The fourth-order valence-electron chi connectivity index (χ4n) is 5.85. The van der Waals surface area contributed by atoms with Crippen molar-refractivity contribution < 1.29 is 24.2 Å². The van der Waals surface area contributed by atoms with E-state index in [1.54, 1.807) is 0 Å². The van der Waals surface area contributed by atoms with Gasteiger partial charge in [-0.3, -0.25) is 9.59 Å². The number of hydrogen-bond donors (Lipinski definition) is 1. The van der Waals surface area contributed by atoms with Crippen molar-refractivity contribution in [2.24, 2.45) is 0 Å². The van der Waals surface area contributed by atoms with Crippen molar-refractivity contribution in [3.63, 3.8) is 0 Å². The van der Waals surface area contributed by atoms with E-state index in [-0.39, 0.29) is 25.2 Å². The van der Waals surface area contributed by atoms with E-state index in [1.807, 2.05) is 0 Å². The highest BCUT2D eigenvalue weighted by molar-refractivity contribution is 5.70. The SMILES string of the molecule is CCCCC/C=C\C/C=C\CCCCCCCC(=O)OCC(CO)OC(=O)CCCCCCCCCCC/C=C\C/C=C\CCCCCCC. The maximum absolute atomic E-state index is 12.2. The normalized spacial score (nSPS) is 12.6. The van der Waals surface area contributed by atoms with Crippen molar-refractivity contribution in [1.29, 1.82) is 0 Å². The van der Waals surface area contributed by atoms with Gasteiger partial charge >= 0.3 is 11.9 Å². The lowest BCUT2D eigenvalue weighted by Gasteiger charge is -2.15. The number of allylic oxidation sites excluding steroid dienone is 8. The smallest absolute Gasteiger partial charge is 0.306 e.